The molecule has 0 atom stereocenters. The summed E-state index contributed by atoms with van der Waals surface area (Å²) in [5.74, 6) is -0.122. The SMILES string of the molecule is Nc1nc(-c2ccc(Cl)cc2)c(NC(=O)c2ccco2)s1. The molecule has 2 heterocycles. The van der Waals surface area contributed by atoms with Crippen molar-refractivity contribution < 1.29 is 9.21 Å². The first kappa shape index (κ1) is 13.7. The molecule has 3 N–H and O–H groups in total. The summed E-state index contributed by atoms with van der Waals surface area (Å²) in [6.07, 6.45) is 1.44. The third kappa shape index (κ3) is 2.91. The number of nitrogens with one attached hydrogen (secondary N) is 1. The number of carbonyl (C=O) groups excluding carboxylic acids is 1. The summed E-state index contributed by atoms with van der Waals surface area (Å²) in [5, 5.41) is 4.32. The lowest BCUT2D eigenvalue weighted by molar-refractivity contribution is 0.0997. The molecule has 0 fully saturated rings. The minimum absolute atomic E-state index is 0.226. The summed E-state index contributed by atoms with van der Waals surface area (Å²) in [6.45, 7) is 0. The number of benzene rings is 1. The van der Waals surface area contributed by atoms with Crippen molar-refractivity contribution in [2.45, 2.75) is 0 Å². The quantitative estimate of drug-likeness (QED) is 0.767. The van der Waals surface area contributed by atoms with E-state index in [4.69, 9.17) is 21.8 Å². The number of nitrogen functional groups attached to an aromatic ring is 1. The highest BCUT2D eigenvalue weighted by molar-refractivity contribution is 7.20. The highest BCUT2D eigenvalue weighted by Crippen LogP contribution is 2.35. The first-order valence-corrected chi connectivity index (χ1v) is 7.20. The van der Waals surface area contributed by atoms with E-state index in [0.717, 1.165) is 5.56 Å². The molecule has 0 spiro atoms. The number of hydrogen-bond donors (Lipinski definition) is 2. The molecule has 21 heavy (non-hydrogen) atoms. The fourth-order valence-corrected chi connectivity index (χ4v) is 2.67. The van der Waals surface area contributed by atoms with Crippen LogP contribution in [0.5, 0.6) is 0 Å². The Hall–Kier alpha value is -2.31. The van der Waals surface area contributed by atoms with Crippen molar-refractivity contribution in [3.05, 3.63) is 53.4 Å². The minimum atomic E-state index is -0.348. The van der Waals surface area contributed by atoms with Crippen molar-refractivity contribution in [1.82, 2.24) is 4.98 Å². The van der Waals surface area contributed by atoms with Gasteiger partial charge in [0.25, 0.3) is 5.91 Å². The van der Waals surface area contributed by atoms with E-state index in [1.165, 1.54) is 17.6 Å². The summed E-state index contributed by atoms with van der Waals surface area (Å²) >= 11 is 7.07. The van der Waals surface area contributed by atoms with Crippen LogP contribution in [0.15, 0.2) is 47.1 Å². The molecular weight excluding hydrogens is 310 g/mol. The normalized spacial score (nSPS) is 10.5. The second-order valence-corrected chi connectivity index (χ2v) is 5.64. The van der Waals surface area contributed by atoms with Crippen LogP contribution in [-0.2, 0) is 0 Å². The van der Waals surface area contributed by atoms with E-state index < -0.39 is 0 Å². The van der Waals surface area contributed by atoms with Crippen LogP contribution in [0.3, 0.4) is 0 Å². The Balaban J connectivity index is 1.92. The van der Waals surface area contributed by atoms with Crippen LogP contribution in [0.1, 0.15) is 10.6 Å². The molecule has 2 aromatic heterocycles. The highest BCUT2D eigenvalue weighted by atomic mass is 35.5. The molecule has 0 saturated heterocycles. The van der Waals surface area contributed by atoms with Crippen LogP contribution >= 0.6 is 22.9 Å². The van der Waals surface area contributed by atoms with Crippen LogP contribution in [0.4, 0.5) is 10.1 Å². The predicted molar refractivity (Wildman–Crippen MR) is 83.6 cm³/mol. The topological polar surface area (TPSA) is 81.1 Å². The number of amides is 1. The summed E-state index contributed by atoms with van der Waals surface area (Å²) in [5.41, 5.74) is 7.17. The van der Waals surface area contributed by atoms with Gasteiger partial charge in [-0.1, -0.05) is 35.1 Å². The molecule has 3 rings (SSSR count). The van der Waals surface area contributed by atoms with E-state index in [1.54, 1.807) is 24.3 Å². The average molecular weight is 320 g/mol. The lowest BCUT2D eigenvalue weighted by Gasteiger charge is -2.03. The predicted octanol–water partition coefficient (Wildman–Crippen LogP) is 3.89. The van der Waals surface area contributed by atoms with Crippen LogP contribution in [-0.4, -0.2) is 10.9 Å². The number of aromatic nitrogens is 1. The molecule has 3 aromatic rings. The highest BCUT2D eigenvalue weighted by Gasteiger charge is 2.16. The molecule has 1 amide bonds. The Morgan fingerprint density at radius 3 is 2.71 bits per heavy atom. The number of furan rings is 1. The van der Waals surface area contributed by atoms with Crippen molar-refractivity contribution in [2.24, 2.45) is 0 Å². The van der Waals surface area contributed by atoms with Gasteiger partial charge in [-0.3, -0.25) is 4.79 Å². The maximum Gasteiger partial charge on any atom is 0.292 e. The van der Waals surface area contributed by atoms with Crippen molar-refractivity contribution >= 4 is 39.0 Å². The zero-order chi connectivity index (χ0) is 14.8. The van der Waals surface area contributed by atoms with E-state index in [0.29, 0.717) is 20.8 Å². The van der Waals surface area contributed by atoms with Gasteiger partial charge in [0.1, 0.15) is 10.7 Å². The standard InChI is InChI=1S/C14H10ClN3O2S/c15-9-5-3-8(4-6-9)11-13(21-14(16)17-11)18-12(19)10-2-1-7-20-10/h1-7H,(H2,16,17)(H,18,19). The Morgan fingerprint density at radius 2 is 2.05 bits per heavy atom. The van der Waals surface area contributed by atoms with Crippen molar-refractivity contribution in [2.75, 3.05) is 11.1 Å². The third-order valence-corrected chi connectivity index (χ3v) is 3.79. The van der Waals surface area contributed by atoms with Gasteiger partial charge in [-0.05, 0) is 24.3 Å². The number of thiazole rings is 1. The molecular formula is C14H10ClN3O2S. The van der Waals surface area contributed by atoms with Gasteiger partial charge >= 0.3 is 0 Å². The van der Waals surface area contributed by atoms with Gasteiger partial charge in [-0.2, -0.15) is 0 Å². The number of hydrogen-bond acceptors (Lipinski definition) is 5. The summed E-state index contributed by atoms with van der Waals surface area (Å²) in [6, 6.07) is 10.4. The van der Waals surface area contributed by atoms with Crippen LogP contribution in [0.2, 0.25) is 5.02 Å². The van der Waals surface area contributed by atoms with Crippen LogP contribution < -0.4 is 11.1 Å². The fraction of sp³-hybridized carbons (Fsp3) is 0. The van der Waals surface area contributed by atoms with Crippen LogP contribution in [0.25, 0.3) is 11.3 Å². The lowest BCUT2D eigenvalue weighted by Crippen LogP contribution is -2.10. The number of rotatable bonds is 3. The number of carbonyl (C=O) groups is 1. The number of nitrogens with two attached hydrogens (primary N) is 1. The van der Waals surface area contributed by atoms with Gasteiger partial charge in [0.15, 0.2) is 10.9 Å². The van der Waals surface area contributed by atoms with Gasteiger partial charge in [0.2, 0.25) is 0 Å². The van der Waals surface area contributed by atoms with E-state index >= 15 is 0 Å². The molecule has 0 bridgehead atoms. The summed E-state index contributed by atoms with van der Waals surface area (Å²) in [4.78, 5) is 16.3. The number of halogens is 1. The first-order valence-electron chi connectivity index (χ1n) is 6.00. The second-order valence-electron chi connectivity index (χ2n) is 4.17. The molecule has 0 aliphatic heterocycles. The molecule has 0 saturated carbocycles. The monoisotopic (exact) mass is 319 g/mol. The average Bonchev–Trinajstić information content (AvgIpc) is 3.09. The van der Waals surface area contributed by atoms with Crippen molar-refractivity contribution in [3.63, 3.8) is 0 Å². The Morgan fingerprint density at radius 1 is 1.29 bits per heavy atom. The Labute approximate surface area is 129 Å². The molecule has 0 aliphatic carbocycles. The van der Waals surface area contributed by atoms with Gasteiger partial charge in [-0.25, -0.2) is 4.98 Å². The largest absolute Gasteiger partial charge is 0.459 e. The minimum Gasteiger partial charge on any atom is -0.459 e. The van der Waals surface area contributed by atoms with Gasteiger partial charge in [0, 0.05) is 10.6 Å². The first-order chi connectivity index (χ1) is 10.1. The summed E-state index contributed by atoms with van der Waals surface area (Å²) in [7, 11) is 0. The lowest BCUT2D eigenvalue weighted by atomic mass is 10.1. The maximum absolute atomic E-state index is 12.0. The molecule has 7 heteroatoms. The Bertz CT molecular complexity index is 766. The van der Waals surface area contributed by atoms with Gasteiger partial charge in [-0.15, -0.1) is 0 Å². The molecule has 0 unspecified atom stereocenters. The molecule has 0 radical (unpaired) electrons. The fourth-order valence-electron chi connectivity index (χ4n) is 1.80. The van der Waals surface area contributed by atoms with Crippen molar-refractivity contribution in [1.29, 1.82) is 0 Å². The molecule has 1 aromatic carbocycles. The van der Waals surface area contributed by atoms with Gasteiger partial charge in [0.05, 0.1) is 6.26 Å². The van der Waals surface area contributed by atoms with Crippen molar-refractivity contribution in [3.8, 4) is 11.3 Å². The van der Waals surface area contributed by atoms with Gasteiger partial charge < -0.3 is 15.5 Å². The third-order valence-electron chi connectivity index (χ3n) is 2.73. The molecule has 5 nitrogen and oxygen atoms in total. The van der Waals surface area contributed by atoms with E-state index in [9.17, 15) is 4.79 Å². The van der Waals surface area contributed by atoms with Crippen LogP contribution in [0, 0.1) is 0 Å². The smallest absolute Gasteiger partial charge is 0.292 e. The second kappa shape index (κ2) is 5.59. The zero-order valence-electron chi connectivity index (χ0n) is 10.7. The summed E-state index contributed by atoms with van der Waals surface area (Å²) < 4.78 is 5.06. The van der Waals surface area contributed by atoms with E-state index in [2.05, 4.69) is 10.3 Å². The van der Waals surface area contributed by atoms with E-state index in [1.807, 2.05) is 12.1 Å². The Kier molecular flexibility index (Phi) is 3.64. The zero-order valence-corrected chi connectivity index (χ0v) is 12.2. The van der Waals surface area contributed by atoms with E-state index in [-0.39, 0.29) is 11.7 Å². The molecule has 106 valence electrons. The number of anilines is 2. The maximum atomic E-state index is 12.0. The number of nitrogens with zero attached hydrogens (tertiary/aromatic N) is 1. The molecule has 0 aliphatic rings.